The Balaban J connectivity index is 2.81. The lowest BCUT2D eigenvalue weighted by atomic mass is 9.86. The van der Waals surface area contributed by atoms with E-state index in [2.05, 4.69) is 31.1 Å². The quantitative estimate of drug-likeness (QED) is 0.895. The van der Waals surface area contributed by atoms with E-state index in [1.165, 1.54) is 19.2 Å². The molecule has 4 heteroatoms. The van der Waals surface area contributed by atoms with Crippen molar-refractivity contribution in [2.24, 2.45) is 0 Å². The van der Waals surface area contributed by atoms with Crippen LogP contribution in [0.4, 0.5) is 10.2 Å². The number of rotatable bonds is 2. The first-order valence-electron chi connectivity index (χ1n) is 6.23. The monoisotopic (exact) mass is 262 g/mol. The Morgan fingerprint density at radius 3 is 2.42 bits per heavy atom. The first-order valence-corrected chi connectivity index (χ1v) is 6.23. The first-order chi connectivity index (χ1) is 8.86. The molecule has 0 amide bonds. The molecule has 19 heavy (non-hydrogen) atoms. The Bertz CT molecular complexity index is 618. The molecule has 102 valence electrons. The van der Waals surface area contributed by atoms with Gasteiger partial charge in [-0.1, -0.05) is 20.8 Å². The van der Waals surface area contributed by atoms with Gasteiger partial charge in [0.1, 0.15) is 22.9 Å². The summed E-state index contributed by atoms with van der Waals surface area (Å²) < 4.78 is 18.8. The molecule has 0 bridgehead atoms. The number of anilines is 1. The Morgan fingerprint density at radius 2 is 1.89 bits per heavy atom. The van der Waals surface area contributed by atoms with Crippen molar-refractivity contribution >= 4 is 16.7 Å². The van der Waals surface area contributed by atoms with Gasteiger partial charge < -0.3 is 10.1 Å². The normalized spacial score (nSPS) is 11.7. The molecule has 2 rings (SSSR count). The molecule has 0 aliphatic carbocycles. The van der Waals surface area contributed by atoms with Gasteiger partial charge in [-0.25, -0.2) is 9.37 Å². The summed E-state index contributed by atoms with van der Waals surface area (Å²) in [5, 5.41) is 3.85. The molecule has 1 heterocycles. The van der Waals surface area contributed by atoms with E-state index in [0.717, 1.165) is 16.8 Å². The van der Waals surface area contributed by atoms with Crippen molar-refractivity contribution in [1.29, 1.82) is 0 Å². The molecule has 0 aliphatic heterocycles. The second-order valence-corrected chi connectivity index (χ2v) is 5.56. The van der Waals surface area contributed by atoms with Gasteiger partial charge in [0.05, 0.1) is 7.11 Å². The highest BCUT2D eigenvalue weighted by Crippen LogP contribution is 2.34. The predicted molar refractivity (Wildman–Crippen MR) is 76.5 cm³/mol. The van der Waals surface area contributed by atoms with E-state index in [-0.39, 0.29) is 11.2 Å². The van der Waals surface area contributed by atoms with Crippen molar-refractivity contribution in [3.8, 4) is 5.75 Å². The summed E-state index contributed by atoms with van der Waals surface area (Å²) in [6.45, 7) is 6.31. The summed E-state index contributed by atoms with van der Waals surface area (Å²) in [6.07, 6.45) is 0. The molecule has 1 aromatic heterocycles. The maximum Gasteiger partial charge on any atom is 0.148 e. The van der Waals surface area contributed by atoms with E-state index in [1.54, 1.807) is 0 Å². The smallest absolute Gasteiger partial charge is 0.148 e. The molecule has 0 unspecified atom stereocenters. The van der Waals surface area contributed by atoms with Gasteiger partial charge in [-0.05, 0) is 17.5 Å². The van der Waals surface area contributed by atoms with Gasteiger partial charge in [0.15, 0.2) is 0 Å². The minimum Gasteiger partial charge on any atom is -0.494 e. The minimum atomic E-state index is -0.316. The van der Waals surface area contributed by atoms with Crippen LogP contribution < -0.4 is 10.1 Å². The van der Waals surface area contributed by atoms with Crippen LogP contribution in [-0.4, -0.2) is 19.1 Å². The van der Waals surface area contributed by atoms with Crippen LogP contribution in [0.15, 0.2) is 18.2 Å². The highest BCUT2D eigenvalue weighted by Gasteiger charge is 2.20. The molecule has 0 radical (unpaired) electrons. The van der Waals surface area contributed by atoms with Gasteiger partial charge in [0.2, 0.25) is 0 Å². The summed E-state index contributed by atoms with van der Waals surface area (Å²) in [4.78, 5) is 4.57. The lowest BCUT2D eigenvalue weighted by Gasteiger charge is -2.23. The van der Waals surface area contributed by atoms with Crippen LogP contribution >= 0.6 is 0 Å². The van der Waals surface area contributed by atoms with Crippen LogP contribution in [0, 0.1) is 5.82 Å². The summed E-state index contributed by atoms with van der Waals surface area (Å²) >= 11 is 0. The molecule has 1 N–H and O–H groups in total. The van der Waals surface area contributed by atoms with Crippen molar-refractivity contribution in [2.45, 2.75) is 26.2 Å². The Morgan fingerprint density at radius 1 is 1.21 bits per heavy atom. The van der Waals surface area contributed by atoms with E-state index >= 15 is 0 Å². The fourth-order valence-electron chi connectivity index (χ4n) is 2.14. The Hall–Kier alpha value is -1.84. The Kier molecular flexibility index (Phi) is 3.35. The second kappa shape index (κ2) is 4.68. The van der Waals surface area contributed by atoms with Crippen LogP contribution in [0.5, 0.6) is 5.75 Å². The van der Waals surface area contributed by atoms with Crippen LogP contribution in [-0.2, 0) is 5.41 Å². The van der Waals surface area contributed by atoms with Crippen LogP contribution in [0.3, 0.4) is 0 Å². The second-order valence-electron chi connectivity index (χ2n) is 5.56. The number of pyridine rings is 1. The maximum absolute atomic E-state index is 13.6. The van der Waals surface area contributed by atoms with Gasteiger partial charge in [0.25, 0.3) is 0 Å². The highest BCUT2D eigenvalue weighted by molar-refractivity contribution is 5.87. The van der Waals surface area contributed by atoms with E-state index in [4.69, 9.17) is 4.74 Å². The summed E-state index contributed by atoms with van der Waals surface area (Å²) in [6, 6.07) is 4.81. The summed E-state index contributed by atoms with van der Waals surface area (Å²) in [5.41, 5.74) is 1.65. The number of nitrogens with zero attached hydrogens (tertiary/aromatic N) is 1. The molecule has 0 atom stereocenters. The molecular formula is C15H19FN2O. The van der Waals surface area contributed by atoms with Gasteiger partial charge in [-0.3, -0.25) is 0 Å². The summed E-state index contributed by atoms with van der Waals surface area (Å²) in [7, 11) is 3.35. The molecule has 1 aromatic carbocycles. The molecule has 0 spiro atoms. The standard InChI is InChI=1S/C15H19FN2O/c1-15(2,3)11-7-9-6-10(16)8-12(19-5)13(9)18-14(11)17-4/h6-8H,1-5H3,(H,17,18). The third-order valence-electron chi connectivity index (χ3n) is 3.11. The van der Waals surface area contributed by atoms with Gasteiger partial charge in [0, 0.05) is 24.1 Å². The zero-order valence-corrected chi connectivity index (χ0v) is 12.0. The van der Waals surface area contributed by atoms with E-state index < -0.39 is 0 Å². The minimum absolute atomic E-state index is 0.0704. The SMILES string of the molecule is CNc1nc2c(OC)cc(F)cc2cc1C(C)(C)C. The molecule has 0 aliphatic rings. The molecule has 0 saturated heterocycles. The number of fused-ring (bicyclic) bond motifs is 1. The molecule has 3 nitrogen and oxygen atoms in total. The molecule has 2 aromatic rings. The van der Waals surface area contributed by atoms with Crippen LogP contribution in [0.2, 0.25) is 0 Å². The van der Waals surface area contributed by atoms with Crippen LogP contribution in [0.25, 0.3) is 10.9 Å². The van der Waals surface area contributed by atoms with Crippen molar-refractivity contribution in [2.75, 3.05) is 19.5 Å². The average molecular weight is 262 g/mol. The third-order valence-corrected chi connectivity index (χ3v) is 3.11. The zero-order valence-electron chi connectivity index (χ0n) is 12.0. The molecular weight excluding hydrogens is 243 g/mol. The fourth-order valence-corrected chi connectivity index (χ4v) is 2.14. The number of nitrogens with one attached hydrogen (secondary N) is 1. The lowest BCUT2D eigenvalue weighted by Crippen LogP contribution is -2.15. The summed E-state index contributed by atoms with van der Waals surface area (Å²) in [5.74, 6) is 0.931. The molecule has 0 saturated carbocycles. The number of methoxy groups -OCH3 is 1. The molecule has 0 fully saturated rings. The zero-order chi connectivity index (χ0) is 14.2. The van der Waals surface area contributed by atoms with Gasteiger partial charge in [-0.2, -0.15) is 0 Å². The van der Waals surface area contributed by atoms with Gasteiger partial charge >= 0.3 is 0 Å². The first kappa shape index (κ1) is 13.6. The number of ether oxygens (including phenoxy) is 1. The van der Waals surface area contributed by atoms with E-state index in [0.29, 0.717) is 11.3 Å². The maximum atomic E-state index is 13.6. The predicted octanol–water partition coefficient (Wildman–Crippen LogP) is 3.72. The van der Waals surface area contributed by atoms with Crippen molar-refractivity contribution in [1.82, 2.24) is 4.98 Å². The van der Waals surface area contributed by atoms with Crippen molar-refractivity contribution in [3.05, 3.63) is 29.6 Å². The van der Waals surface area contributed by atoms with Gasteiger partial charge in [-0.15, -0.1) is 0 Å². The van der Waals surface area contributed by atoms with Crippen molar-refractivity contribution in [3.63, 3.8) is 0 Å². The number of aromatic nitrogens is 1. The highest BCUT2D eigenvalue weighted by atomic mass is 19.1. The topological polar surface area (TPSA) is 34.2 Å². The number of hydrogen-bond acceptors (Lipinski definition) is 3. The third kappa shape index (κ3) is 2.48. The largest absolute Gasteiger partial charge is 0.494 e. The fraction of sp³-hybridized carbons (Fsp3) is 0.400. The lowest BCUT2D eigenvalue weighted by molar-refractivity contribution is 0.415. The Labute approximate surface area is 112 Å². The average Bonchev–Trinajstić information content (AvgIpc) is 2.35. The number of hydrogen-bond donors (Lipinski definition) is 1. The number of halogens is 1. The van der Waals surface area contributed by atoms with E-state index in [9.17, 15) is 4.39 Å². The van der Waals surface area contributed by atoms with Crippen molar-refractivity contribution < 1.29 is 9.13 Å². The van der Waals surface area contributed by atoms with E-state index in [1.807, 2.05) is 13.1 Å². The van der Waals surface area contributed by atoms with Crippen LogP contribution in [0.1, 0.15) is 26.3 Å². The number of benzene rings is 1.